The van der Waals surface area contributed by atoms with E-state index in [0.717, 1.165) is 72.3 Å². The van der Waals surface area contributed by atoms with Crippen LogP contribution in [0.5, 0.6) is 0 Å². The quantitative estimate of drug-likeness (QED) is 0.201. The van der Waals surface area contributed by atoms with Crippen LogP contribution in [-0.2, 0) is 7.05 Å². The van der Waals surface area contributed by atoms with Crippen LogP contribution in [0.1, 0.15) is 0 Å². The molecule has 4 aromatic carbocycles. The summed E-state index contributed by atoms with van der Waals surface area (Å²) in [6.07, 6.45) is 8.35. The number of pyridine rings is 1. The van der Waals surface area contributed by atoms with E-state index in [-0.39, 0.29) is 0 Å². The third-order valence-corrected chi connectivity index (χ3v) is 8.34. The molecule has 45 heavy (non-hydrogen) atoms. The van der Waals surface area contributed by atoms with Crippen molar-refractivity contribution in [3.05, 3.63) is 128 Å². The number of hydrogen-bond acceptors (Lipinski definition) is 6. The molecule has 0 amide bonds. The summed E-state index contributed by atoms with van der Waals surface area (Å²) >= 11 is 0. The number of rotatable bonds is 5. The van der Waals surface area contributed by atoms with E-state index in [4.69, 9.17) is 13.8 Å². The Morgan fingerprint density at radius 2 is 1.40 bits per heavy atom. The fourth-order valence-electron chi connectivity index (χ4n) is 6.29. The molecule has 0 unspecified atom stereocenters. The molecule has 8 heteroatoms. The highest BCUT2D eigenvalue weighted by molar-refractivity contribution is 6.13. The maximum absolute atomic E-state index is 5.91. The van der Waals surface area contributed by atoms with E-state index in [0.29, 0.717) is 11.8 Å². The number of imidazole rings is 1. The number of hydrogen-bond donors (Lipinski definition) is 0. The lowest BCUT2D eigenvalue weighted by molar-refractivity contribution is 0.574. The van der Waals surface area contributed by atoms with Crippen LogP contribution >= 0.6 is 0 Å². The molecule has 0 atom stereocenters. The van der Waals surface area contributed by atoms with Gasteiger partial charge < -0.3 is 18.0 Å². The van der Waals surface area contributed by atoms with Crippen molar-refractivity contribution in [2.75, 3.05) is 0 Å². The Hall–Kier alpha value is -6.28. The molecule has 9 rings (SSSR count). The average Bonchev–Trinajstić information content (AvgIpc) is 3.91. The summed E-state index contributed by atoms with van der Waals surface area (Å²) < 4.78 is 16.0. The molecule has 0 bridgehead atoms. The Morgan fingerprint density at radius 3 is 2.20 bits per heavy atom. The normalized spacial score (nSPS) is 11.7. The van der Waals surface area contributed by atoms with Gasteiger partial charge in [-0.1, -0.05) is 30.3 Å². The van der Waals surface area contributed by atoms with Gasteiger partial charge in [-0.3, -0.25) is 4.98 Å². The highest BCUT2D eigenvalue weighted by Gasteiger charge is 2.23. The number of aromatic nitrogens is 6. The first-order valence-electron chi connectivity index (χ1n) is 14.6. The van der Waals surface area contributed by atoms with Crippen molar-refractivity contribution >= 4 is 32.8 Å². The summed E-state index contributed by atoms with van der Waals surface area (Å²) in [5.41, 5.74) is 9.66. The van der Waals surface area contributed by atoms with Crippen molar-refractivity contribution in [2.24, 2.45) is 7.05 Å². The van der Waals surface area contributed by atoms with Crippen molar-refractivity contribution in [3.8, 4) is 51.2 Å². The van der Waals surface area contributed by atoms with Crippen LogP contribution in [0.25, 0.3) is 84.1 Å². The first-order chi connectivity index (χ1) is 22.2. The molecule has 0 aliphatic carbocycles. The molecule has 5 heterocycles. The first kappa shape index (κ1) is 25.2. The van der Waals surface area contributed by atoms with Gasteiger partial charge in [0.25, 0.3) is 0 Å². The lowest BCUT2D eigenvalue weighted by atomic mass is 10.0. The fraction of sp³-hybridized carbons (Fsp3) is 0.0270. The van der Waals surface area contributed by atoms with Crippen molar-refractivity contribution in [1.29, 1.82) is 0 Å². The minimum Gasteiger partial charge on any atom is -0.445 e. The van der Waals surface area contributed by atoms with Crippen LogP contribution in [0.4, 0.5) is 0 Å². The number of para-hydroxylation sites is 2. The summed E-state index contributed by atoms with van der Waals surface area (Å²) in [6, 6.07) is 33.3. The molecule has 0 N–H and O–H groups in total. The number of fused-ring (bicyclic) bond motifs is 4. The number of aryl methyl sites for hydroxylation is 1. The van der Waals surface area contributed by atoms with Crippen LogP contribution in [0.15, 0.2) is 137 Å². The molecular formula is C37H24N6O2. The molecule has 0 radical (unpaired) electrons. The molecule has 214 valence electrons. The predicted molar refractivity (Wildman–Crippen MR) is 175 cm³/mol. The molecule has 0 fully saturated rings. The summed E-state index contributed by atoms with van der Waals surface area (Å²) in [6.45, 7) is 0. The average molecular weight is 585 g/mol. The second-order valence-corrected chi connectivity index (χ2v) is 10.9. The lowest BCUT2D eigenvalue weighted by Gasteiger charge is -2.12. The van der Waals surface area contributed by atoms with Crippen LogP contribution in [0, 0.1) is 0 Å². The van der Waals surface area contributed by atoms with Gasteiger partial charge >= 0.3 is 0 Å². The summed E-state index contributed by atoms with van der Waals surface area (Å²) in [7, 11) is 2.04. The summed E-state index contributed by atoms with van der Waals surface area (Å²) in [4.78, 5) is 18.7. The van der Waals surface area contributed by atoms with Gasteiger partial charge in [-0.05, 0) is 66.7 Å². The minimum atomic E-state index is 0.529. The molecule has 0 spiro atoms. The Kier molecular flexibility index (Phi) is 5.55. The van der Waals surface area contributed by atoms with Gasteiger partial charge in [0.1, 0.15) is 18.4 Å². The third kappa shape index (κ3) is 4.00. The highest BCUT2D eigenvalue weighted by Crippen LogP contribution is 2.42. The maximum atomic E-state index is 5.91. The van der Waals surface area contributed by atoms with Gasteiger partial charge in [0.05, 0.1) is 40.2 Å². The van der Waals surface area contributed by atoms with Gasteiger partial charge in [0, 0.05) is 52.0 Å². The Morgan fingerprint density at radius 1 is 0.578 bits per heavy atom. The van der Waals surface area contributed by atoms with Gasteiger partial charge in [0.2, 0.25) is 11.8 Å². The Labute approximate surface area is 256 Å². The molecule has 9 aromatic rings. The zero-order valence-corrected chi connectivity index (χ0v) is 24.1. The van der Waals surface area contributed by atoms with Crippen LogP contribution in [0.3, 0.4) is 0 Å². The van der Waals surface area contributed by atoms with E-state index in [1.54, 1.807) is 24.9 Å². The molecule has 0 aliphatic heterocycles. The number of oxazole rings is 2. The Bertz CT molecular complexity index is 2490. The highest BCUT2D eigenvalue weighted by atomic mass is 16.3. The molecule has 5 aromatic heterocycles. The standard InChI is InChI=1S/C37H24N6O2/c1-42-33-11-3-2-10-31(33)41-35(42)28-22-34-27(21-29(28)37-40-16-18-45-37)26-20-24(36-39-15-17-44-36)12-13-32(26)43(34)25-8-6-7-23(19-25)30-9-4-5-14-38-30/h2-22H,1H3. The lowest BCUT2D eigenvalue weighted by Crippen LogP contribution is -1.98. The molecule has 8 nitrogen and oxygen atoms in total. The van der Waals surface area contributed by atoms with Crippen LogP contribution < -0.4 is 0 Å². The van der Waals surface area contributed by atoms with E-state index in [1.807, 2.05) is 55.7 Å². The second-order valence-electron chi connectivity index (χ2n) is 10.9. The molecule has 0 aliphatic rings. The van der Waals surface area contributed by atoms with Crippen molar-refractivity contribution in [2.45, 2.75) is 0 Å². The third-order valence-electron chi connectivity index (χ3n) is 8.34. The largest absolute Gasteiger partial charge is 0.445 e. The summed E-state index contributed by atoms with van der Waals surface area (Å²) in [5, 5.41) is 2.09. The number of benzene rings is 4. The van der Waals surface area contributed by atoms with Crippen LogP contribution in [-0.4, -0.2) is 29.1 Å². The van der Waals surface area contributed by atoms with Crippen LogP contribution in [0.2, 0.25) is 0 Å². The van der Waals surface area contributed by atoms with Crippen molar-refractivity contribution in [3.63, 3.8) is 0 Å². The van der Waals surface area contributed by atoms with Gasteiger partial charge in [-0.15, -0.1) is 0 Å². The fourth-order valence-corrected chi connectivity index (χ4v) is 6.29. The zero-order chi connectivity index (χ0) is 29.9. The van der Waals surface area contributed by atoms with Crippen molar-refractivity contribution in [1.82, 2.24) is 29.1 Å². The second kappa shape index (κ2) is 9.89. The van der Waals surface area contributed by atoms with E-state index in [1.165, 1.54) is 0 Å². The van der Waals surface area contributed by atoms with Gasteiger partial charge in [-0.25, -0.2) is 15.0 Å². The SMILES string of the molecule is Cn1c(-c2cc3c(cc2-c2ncco2)c2cc(-c4ncco4)ccc2n3-c2cccc(-c3ccccn3)c2)nc2ccccc21. The number of nitrogens with zero attached hydrogens (tertiary/aromatic N) is 6. The molecular weight excluding hydrogens is 560 g/mol. The first-order valence-corrected chi connectivity index (χ1v) is 14.6. The van der Waals surface area contributed by atoms with E-state index >= 15 is 0 Å². The van der Waals surface area contributed by atoms with E-state index < -0.39 is 0 Å². The zero-order valence-electron chi connectivity index (χ0n) is 24.1. The van der Waals surface area contributed by atoms with E-state index in [2.05, 4.69) is 78.7 Å². The predicted octanol–water partition coefficient (Wildman–Crippen LogP) is 8.71. The monoisotopic (exact) mass is 584 g/mol. The van der Waals surface area contributed by atoms with Gasteiger partial charge in [0.15, 0.2) is 0 Å². The molecule has 0 saturated heterocycles. The minimum absolute atomic E-state index is 0.529. The maximum Gasteiger partial charge on any atom is 0.226 e. The van der Waals surface area contributed by atoms with E-state index in [9.17, 15) is 0 Å². The Balaban J connectivity index is 1.39. The molecule has 0 saturated carbocycles. The van der Waals surface area contributed by atoms with Gasteiger partial charge in [-0.2, -0.15) is 0 Å². The van der Waals surface area contributed by atoms with Crippen molar-refractivity contribution < 1.29 is 8.83 Å². The smallest absolute Gasteiger partial charge is 0.226 e. The summed E-state index contributed by atoms with van der Waals surface area (Å²) in [5.74, 6) is 1.92. The topological polar surface area (TPSA) is 87.7 Å².